The molecule has 1 aliphatic heterocycles. The maximum Gasteiger partial charge on any atom is 0.470 e. The fourth-order valence-electron chi connectivity index (χ4n) is 3.06. The van der Waals surface area contributed by atoms with Crippen LogP contribution in [0.4, 0.5) is 16.2 Å². The van der Waals surface area contributed by atoms with Crippen LogP contribution in [0, 0.1) is 0 Å². The van der Waals surface area contributed by atoms with Gasteiger partial charge in [0.1, 0.15) is 12.2 Å². The summed E-state index contributed by atoms with van der Waals surface area (Å²) in [5.74, 6) is 0.264. The van der Waals surface area contributed by atoms with Crippen LogP contribution in [0.2, 0.25) is 0 Å². The third-order valence-electron chi connectivity index (χ3n) is 4.26. The average molecular weight is 376 g/mol. The second-order valence-corrected chi connectivity index (χ2v) is 6.95. The molecule has 3 heterocycles. The number of nitrogen functional groups attached to an aromatic ring is 1. The van der Waals surface area contributed by atoms with Gasteiger partial charge in [0.25, 0.3) is 0 Å². The molecule has 2 aromatic heterocycles. The summed E-state index contributed by atoms with van der Waals surface area (Å²) in [6, 6.07) is 0. The number of halogens is 1. The van der Waals surface area contributed by atoms with Crippen LogP contribution in [0.15, 0.2) is 6.33 Å². The Morgan fingerprint density at radius 2 is 2.24 bits per heavy atom. The minimum Gasteiger partial charge on any atom is -0.381 e. The molecule has 6 N–H and O–H groups in total. The van der Waals surface area contributed by atoms with Crippen LogP contribution < -0.4 is 11.1 Å². The van der Waals surface area contributed by atoms with Crippen LogP contribution in [0.3, 0.4) is 0 Å². The summed E-state index contributed by atoms with van der Waals surface area (Å²) in [5, 5.41) is 13.1. The zero-order valence-corrected chi connectivity index (χ0v) is 13.5. The molecule has 12 nitrogen and oxygen atoms in total. The molecule has 14 heteroatoms. The van der Waals surface area contributed by atoms with Gasteiger partial charge in [-0.3, -0.25) is 9.09 Å². The van der Waals surface area contributed by atoms with Crippen LogP contribution in [-0.4, -0.2) is 65.4 Å². The van der Waals surface area contributed by atoms with Gasteiger partial charge in [-0.05, 0) is 0 Å². The highest BCUT2D eigenvalue weighted by atomic mass is 31.2. The highest BCUT2D eigenvalue weighted by Crippen LogP contribution is 2.60. The molecule has 5 atom stereocenters. The fourth-order valence-corrected chi connectivity index (χ4v) is 3.64. The Labute approximate surface area is 139 Å². The summed E-state index contributed by atoms with van der Waals surface area (Å²) in [6.45, 7) is 0. The second-order valence-electron chi connectivity index (χ2n) is 5.76. The molecule has 136 valence electrons. The van der Waals surface area contributed by atoms with Gasteiger partial charge in [0.15, 0.2) is 35.0 Å². The van der Waals surface area contributed by atoms with Gasteiger partial charge >= 0.3 is 7.82 Å². The van der Waals surface area contributed by atoms with Crippen LogP contribution in [0.25, 0.3) is 11.2 Å². The van der Waals surface area contributed by atoms with Crippen LogP contribution in [0.5, 0.6) is 0 Å². The van der Waals surface area contributed by atoms with Gasteiger partial charge < -0.3 is 30.7 Å². The van der Waals surface area contributed by atoms with E-state index >= 15 is 0 Å². The molecule has 25 heavy (non-hydrogen) atoms. The van der Waals surface area contributed by atoms with E-state index in [2.05, 4.69) is 24.8 Å². The molecule has 2 aromatic rings. The summed E-state index contributed by atoms with van der Waals surface area (Å²) in [4.78, 5) is 29.7. The van der Waals surface area contributed by atoms with E-state index in [9.17, 15) is 14.1 Å². The van der Waals surface area contributed by atoms with Crippen molar-refractivity contribution in [1.82, 2.24) is 19.5 Å². The first-order chi connectivity index (χ1) is 11.7. The van der Waals surface area contributed by atoms with Gasteiger partial charge in [-0.15, -0.1) is 0 Å². The molecule has 0 radical (unpaired) electrons. The minimum atomic E-state index is -4.89. The van der Waals surface area contributed by atoms with Crippen molar-refractivity contribution in [3.63, 3.8) is 0 Å². The first-order valence-corrected chi connectivity index (χ1v) is 8.63. The van der Waals surface area contributed by atoms with E-state index in [4.69, 9.17) is 20.3 Å². The lowest BCUT2D eigenvalue weighted by atomic mass is 10.2. The molecule has 0 bridgehead atoms. The number of anilines is 2. The first kappa shape index (κ1) is 16.6. The van der Waals surface area contributed by atoms with Crippen molar-refractivity contribution >= 4 is 30.8 Å². The second kappa shape index (κ2) is 5.06. The highest BCUT2D eigenvalue weighted by molar-refractivity contribution is 7.46. The number of nitrogens with zero attached hydrogens (tertiary/aromatic N) is 4. The molecule has 1 unspecified atom stereocenters. The van der Waals surface area contributed by atoms with E-state index in [-0.39, 0.29) is 11.6 Å². The van der Waals surface area contributed by atoms with Crippen molar-refractivity contribution in [1.29, 1.82) is 0 Å². The lowest BCUT2D eigenvalue weighted by Crippen LogP contribution is -2.34. The van der Waals surface area contributed by atoms with E-state index in [1.54, 1.807) is 7.05 Å². The van der Waals surface area contributed by atoms with E-state index < -0.39 is 38.0 Å². The summed E-state index contributed by atoms with van der Waals surface area (Å²) in [5.41, 5.74) is 3.97. The first-order valence-electron chi connectivity index (χ1n) is 7.10. The van der Waals surface area contributed by atoms with Gasteiger partial charge in [-0.1, -0.05) is 0 Å². The Morgan fingerprint density at radius 1 is 1.52 bits per heavy atom. The van der Waals surface area contributed by atoms with Crippen LogP contribution in [0.1, 0.15) is 6.23 Å². The quantitative estimate of drug-likeness (QED) is 0.409. The van der Waals surface area contributed by atoms with Crippen LogP contribution >= 0.6 is 7.82 Å². The molecule has 0 aromatic carbocycles. The maximum atomic E-state index is 14.8. The van der Waals surface area contributed by atoms with Crippen molar-refractivity contribution in [2.75, 3.05) is 18.1 Å². The number of phosphoric ester groups is 1. The number of ether oxygens (including phenoxy) is 1. The van der Waals surface area contributed by atoms with Gasteiger partial charge in [-0.2, -0.15) is 9.97 Å². The molecule has 0 amide bonds. The highest BCUT2D eigenvalue weighted by Gasteiger charge is 2.80. The number of alkyl halides is 1. The number of imidazole rings is 1. The number of rotatable bonds is 4. The largest absolute Gasteiger partial charge is 0.470 e. The summed E-state index contributed by atoms with van der Waals surface area (Å²) in [7, 11) is -3.29. The zero-order valence-electron chi connectivity index (χ0n) is 12.6. The molecule has 1 saturated heterocycles. The number of aliphatic hydroxyl groups is 1. The van der Waals surface area contributed by atoms with E-state index in [0.717, 1.165) is 0 Å². The smallest absolute Gasteiger partial charge is 0.381 e. The number of aromatic nitrogens is 4. The Kier molecular flexibility index (Phi) is 3.36. The number of fused-ring (bicyclic) bond motifs is 2. The number of hydrogen-bond acceptors (Lipinski definition) is 9. The standard InChI is InChI=1S/C11H14FN6O6P/c1-14-7-3-8(17-10(13)16-7)18(2-15-3)9-4(12)11(19)5(23-9)6(11)24-25(20,21)22/h2,4-6,9,19H,1H3,(H2,20,21,22)(H3,13,14,16,17)/t4-,5-,6?,9-,11+/m1/s1. The summed E-state index contributed by atoms with van der Waals surface area (Å²) in [6.07, 6.45) is -4.76. The van der Waals surface area contributed by atoms with Crippen LogP contribution in [-0.2, 0) is 13.8 Å². The molecule has 1 aliphatic carbocycles. The van der Waals surface area contributed by atoms with Crippen molar-refractivity contribution in [2.24, 2.45) is 0 Å². The van der Waals surface area contributed by atoms with Gasteiger partial charge in [0.05, 0.1) is 6.33 Å². The third-order valence-corrected chi connectivity index (χ3v) is 4.76. The molecular weight excluding hydrogens is 362 g/mol. The summed E-state index contributed by atoms with van der Waals surface area (Å²) >= 11 is 0. The van der Waals surface area contributed by atoms with E-state index in [0.29, 0.717) is 11.3 Å². The van der Waals surface area contributed by atoms with Gasteiger partial charge in [0.2, 0.25) is 5.95 Å². The third kappa shape index (κ3) is 2.32. The number of nitrogens with two attached hydrogens (primary N) is 1. The van der Waals surface area contributed by atoms with Crippen molar-refractivity contribution in [2.45, 2.75) is 30.2 Å². The van der Waals surface area contributed by atoms with E-state index in [1.807, 2.05) is 0 Å². The predicted molar refractivity (Wildman–Crippen MR) is 80.0 cm³/mol. The van der Waals surface area contributed by atoms with Crippen molar-refractivity contribution in [3.8, 4) is 0 Å². The average Bonchev–Trinajstić information content (AvgIpc) is 2.84. The molecular formula is C11H14FN6O6P. The Bertz CT molecular complexity index is 905. The lowest BCUT2D eigenvalue weighted by Gasteiger charge is -2.22. The number of phosphoric acid groups is 1. The SMILES string of the molecule is CNc1nc(N)nc2c1ncn2[C@@H]1O[C@@H]2C(OP(=O)(O)O)[C@]2(O)[C@@H]1F. The molecule has 2 aliphatic rings. The number of nitrogens with one attached hydrogen (secondary N) is 1. The van der Waals surface area contributed by atoms with Crippen molar-refractivity contribution < 1.29 is 33.1 Å². The predicted octanol–water partition coefficient (Wildman–Crippen LogP) is -1.09. The van der Waals surface area contributed by atoms with E-state index in [1.165, 1.54) is 10.9 Å². The summed E-state index contributed by atoms with van der Waals surface area (Å²) < 4.78 is 36.6. The number of hydrogen-bond donors (Lipinski definition) is 5. The Morgan fingerprint density at radius 3 is 2.80 bits per heavy atom. The molecule has 4 rings (SSSR count). The molecule has 2 fully saturated rings. The maximum absolute atomic E-state index is 14.8. The van der Waals surface area contributed by atoms with Gasteiger partial charge in [0, 0.05) is 7.05 Å². The Hall–Kier alpha value is -1.89. The zero-order chi connectivity index (χ0) is 18.1. The van der Waals surface area contributed by atoms with Gasteiger partial charge in [-0.25, -0.2) is 13.9 Å². The fraction of sp³-hybridized carbons (Fsp3) is 0.545. The molecule has 1 saturated carbocycles. The molecule has 0 spiro atoms. The van der Waals surface area contributed by atoms with Crippen molar-refractivity contribution in [3.05, 3.63) is 6.33 Å². The Balaban J connectivity index is 1.67. The normalized spacial score (nSPS) is 34.3. The minimum absolute atomic E-state index is 0.0708. The monoisotopic (exact) mass is 376 g/mol. The lowest BCUT2D eigenvalue weighted by molar-refractivity contribution is -0.0598. The topological polar surface area (TPSA) is 178 Å².